The summed E-state index contributed by atoms with van der Waals surface area (Å²) in [6.07, 6.45) is -1.79. The van der Waals surface area contributed by atoms with E-state index in [0.717, 1.165) is 22.2 Å². The van der Waals surface area contributed by atoms with Crippen molar-refractivity contribution in [3.8, 4) is 0 Å². The molecule has 2 aliphatic rings. The van der Waals surface area contributed by atoms with Gasteiger partial charge in [0.05, 0.1) is 0 Å². The number of carboxylic acid groups (broad SMARTS) is 2. The molecule has 1 saturated heterocycles. The lowest BCUT2D eigenvalue weighted by molar-refractivity contribution is -0.151. The highest BCUT2D eigenvalue weighted by Crippen LogP contribution is 2.41. The number of nitrogens with zero attached hydrogens (tertiary/aromatic N) is 3. The van der Waals surface area contributed by atoms with E-state index in [1.807, 2.05) is 26.0 Å². The Morgan fingerprint density at radius 3 is 2.51 bits per heavy atom. The number of aromatic nitrogens is 3. The van der Waals surface area contributed by atoms with Gasteiger partial charge in [0.15, 0.2) is 6.10 Å². The zero-order valence-electron chi connectivity index (χ0n) is 19.9. The average Bonchev–Trinajstić information content (AvgIpc) is 3.31. The number of carboxylic acids is 2. The van der Waals surface area contributed by atoms with Crippen molar-refractivity contribution in [2.45, 2.75) is 48.9 Å². The Kier molecular flexibility index (Phi) is 7.90. The first-order chi connectivity index (χ1) is 17.6. The van der Waals surface area contributed by atoms with Gasteiger partial charge in [0.1, 0.15) is 29.4 Å². The summed E-state index contributed by atoms with van der Waals surface area (Å²) in [5.74, 6) is -2.70. The lowest BCUT2D eigenvalue weighted by atomic mass is 9.99. The molecule has 0 spiro atoms. The van der Waals surface area contributed by atoms with Crippen molar-refractivity contribution >= 4 is 47.3 Å². The standard InChI is InChI=1S/C23H25N5O7S2/c1-10(2)11-3-5-12(6-4-11)18(31)19(32)25-16-20(33)28-17(22(34)35)13(8-36-21(16)28)9-37-23-24-14(26-27-23)7-15(29)30/h3-6,10,16,18,21,31H,7-9H2,1-2H3,(H,25,32)(H,29,30)(H,34,35)(H,24,26,27)/t16?,18?,21-/m0/s1. The summed E-state index contributed by atoms with van der Waals surface area (Å²) >= 11 is 2.42. The second-order valence-electron chi connectivity index (χ2n) is 8.80. The third-order valence-corrected chi connectivity index (χ3v) is 8.19. The second kappa shape index (κ2) is 10.9. The van der Waals surface area contributed by atoms with Crippen molar-refractivity contribution in [2.24, 2.45) is 0 Å². The largest absolute Gasteiger partial charge is 0.481 e. The molecule has 2 unspecified atom stereocenters. The number of fused-ring (bicyclic) bond motifs is 1. The van der Waals surface area contributed by atoms with Crippen LogP contribution in [0.1, 0.15) is 42.8 Å². The van der Waals surface area contributed by atoms with E-state index in [2.05, 4.69) is 20.5 Å². The Balaban J connectivity index is 1.41. The molecule has 0 aliphatic carbocycles. The van der Waals surface area contributed by atoms with Crippen molar-refractivity contribution < 1.29 is 34.5 Å². The molecule has 14 heteroatoms. The number of aliphatic hydroxyl groups is 1. The molecule has 0 bridgehead atoms. The second-order valence-corrected chi connectivity index (χ2v) is 10.8. The van der Waals surface area contributed by atoms with Crippen LogP contribution in [0.25, 0.3) is 0 Å². The Morgan fingerprint density at radius 1 is 1.22 bits per heavy atom. The molecule has 4 rings (SSSR count). The van der Waals surface area contributed by atoms with Gasteiger partial charge in [0.25, 0.3) is 11.8 Å². The predicted molar refractivity (Wildman–Crippen MR) is 134 cm³/mol. The van der Waals surface area contributed by atoms with E-state index in [1.165, 1.54) is 11.8 Å². The zero-order chi connectivity index (χ0) is 26.9. The summed E-state index contributed by atoms with van der Waals surface area (Å²) in [4.78, 5) is 53.6. The van der Waals surface area contributed by atoms with E-state index >= 15 is 0 Å². The topological polar surface area (TPSA) is 186 Å². The highest BCUT2D eigenvalue weighted by atomic mass is 32.2. The van der Waals surface area contributed by atoms with Gasteiger partial charge < -0.3 is 20.6 Å². The molecule has 3 atom stereocenters. The zero-order valence-corrected chi connectivity index (χ0v) is 21.5. The van der Waals surface area contributed by atoms with Crippen LogP contribution < -0.4 is 5.32 Å². The van der Waals surface area contributed by atoms with Gasteiger partial charge in [-0.05, 0) is 22.6 Å². The van der Waals surface area contributed by atoms with Crippen molar-refractivity contribution in [3.63, 3.8) is 0 Å². The summed E-state index contributed by atoms with van der Waals surface area (Å²) in [7, 11) is 0. The first-order valence-corrected chi connectivity index (χ1v) is 13.3. The van der Waals surface area contributed by atoms with Crippen LogP contribution in [0.15, 0.2) is 40.7 Å². The molecule has 1 aromatic heterocycles. The molecule has 2 aliphatic heterocycles. The SMILES string of the molecule is CC(C)c1ccc(C(O)C(=O)NC2C(=O)N3C(C(=O)O)=C(CSc4n[nH]c(CC(=O)O)n4)CS[C@@H]23)cc1. The third-order valence-electron chi connectivity index (χ3n) is 5.92. The third kappa shape index (κ3) is 5.65. The molecule has 3 heterocycles. The van der Waals surface area contributed by atoms with Crippen LogP contribution in [-0.2, 0) is 25.6 Å². The fourth-order valence-corrected chi connectivity index (χ4v) is 6.26. The fraction of sp³-hybridized carbons (Fsp3) is 0.391. The molecule has 0 radical (unpaired) electrons. The van der Waals surface area contributed by atoms with Gasteiger partial charge in [-0.1, -0.05) is 49.9 Å². The monoisotopic (exact) mass is 547 g/mol. The molecular weight excluding hydrogens is 522 g/mol. The maximum Gasteiger partial charge on any atom is 0.352 e. The number of H-pyrrole nitrogens is 1. The molecule has 1 aromatic carbocycles. The number of thioether (sulfide) groups is 2. The highest BCUT2D eigenvalue weighted by Gasteiger charge is 2.54. The first kappa shape index (κ1) is 26.7. The summed E-state index contributed by atoms with van der Waals surface area (Å²) in [5.41, 5.74) is 1.78. The predicted octanol–water partition coefficient (Wildman–Crippen LogP) is 1.12. The van der Waals surface area contributed by atoms with Crippen LogP contribution in [0.5, 0.6) is 0 Å². The first-order valence-electron chi connectivity index (χ1n) is 11.3. The number of hydrogen-bond acceptors (Lipinski definition) is 9. The number of carbonyl (C=O) groups excluding carboxylic acids is 2. The molecule has 5 N–H and O–H groups in total. The van der Waals surface area contributed by atoms with Gasteiger partial charge >= 0.3 is 11.9 Å². The van der Waals surface area contributed by atoms with Crippen molar-refractivity contribution in [2.75, 3.05) is 11.5 Å². The van der Waals surface area contributed by atoms with E-state index < -0.39 is 41.3 Å². The Labute approximate surface area is 219 Å². The van der Waals surface area contributed by atoms with Crippen LogP contribution in [0.2, 0.25) is 0 Å². The number of rotatable bonds is 10. The number of aromatic amines is 1. The minimum Gasteiger partial charge on any atom is -0.481 e. The van der Waals surface area contributed by atoms with Crippen LogP contribution >= 0.6 is 23.5 Å². The molecule has 12 nitrogen and oxygen atoms in total. The maximum absolute atomic E-state index is 12.9. The van der Waals surface area contributed by atoms with Gasteiger partial charge in [-0.3, -0.25) is 24.4 Å². The Hall–Kier alpha value is -3.36. The Morgan fingerprint density at radius 2 is 1.89 bits per heavy atom. The van der Waals surface area contributed by atoms with E-state index in [1.54, 1.807) is 12.1 Å². The quantitative estimate of drug-likeness (QED) is 0.212. The van der Waals surface area contributed by atoms with Crippen LogP contribution in [-0.4, -0.2) is 82.1 Å². The highest BCUT2D eigenvalue weighted by molar-refractivity contribution is 8.01. The van der Waals surface area contributed by atoms with Crippen molar-refractivity contribution in [1.82, 2.24) is 25.4 Å². The number of nitrogens with one attached hydrogen (secondary N) is 2. The number of aliphatic hydroxyl groups excluding tert-OH is 1. The molecular formula is C23H25N5O7S2. The van der Waals surface area contributed by atoms with Crippen LogP contribution in [0, 0.1) is 0 Å². The van der Waals surface area contributed by atoms with Gasteiger partial charge in [-0.25, -0.2) is 9.78 Å². The Bertz CT molecular complexity index is 1260. The average molecular weight is 548 g/mol. The van der Waals surface area contributed by atoms with Gasteiger partial charge in [-0.15, -0.1) is 16.9 Å². The maximum atomic E-state index is 12.9. The van der Waals surface area contributed by atoms with Gasteiger partial charge in [0, 0.05) is 11.5 Å². The molecule has 1 fully saturated rings. The van der Waals surface area contributed by atoms with Crippen molar-refractivity contribution in [1.29, 1.82) is 0 Å². The number of β-lactam (4-membered cyclic amide) rings is 1. The number of amides is 2. The van der Waals surface area contributed by atoms with Crippen LogP contribution in [0.4, 0.5) is 0 Å². The van der Waals surface area contributed by atoms with E-state index in [9.17, 15) is 29.4 Å². The number of aliphatic carboxylic acids is 2. The molecule has 2 aromatic rings. The van der Waals surface area contributed by atoms with E-state index in [-0.39, 0.29) is 28.9 Å². The van der Waals surface area contributed by atoms with E-state index in [0.29, 0.717) is 22.8 Å². The summed E-state index contributed by atoms with van der Waals surface area (Å²) in [6, 6.07) is 6.03. The summed E-state index contributed by atoms with van der Waals surface area (Å²) < 4.78 is 0. The molecule has 37 heavy (non-hydrogen) atoms. The molecule has 2 amide bonds. The lowest BCUT2D eigenvalue weighted by Gasteiger charge is -2.49. The lowest BCUT2D eigenvalue weighted by Crippen LogP contribution is -2.70. The minimum absolute atomic E-state index is 0.155. The van der Waals surface area contributed by atoms with Crippen LogP contribution in [0.3, 0.4) is 0 Å². The smallest absolute Gasteiger partial charge is 0.352 e. The van der Waals surface area contributed by atoms with Crippen molar-refractivity contribution in [3.05, 3.63) is 52.5 Å². The molecule has 0 saturated carbocycles. The summed E-state index contributed by atoms with van der Waals surface area (Å²) in [5, 5.41) is 37.8. The number of hydrogen-bond donors (Lipinski definition) is 5. The normalized spacial score (nSPS) is 19.9. The molecule has 196 valence electrons. The number of carbonyl (C=O) groups is 4. The fourth-order valence-electron chi connectivity index (χ4n) is 3.96. The van der Waals surface area contributed by atoms with Gasteiger partial charge in [-0.2, -0.15) is 0 Å². The summed E-state index contributed by atoms with van der Waals surface area (Å²) in [6.45, 7) is 4.06. The number of benzene rings is 1. The minimum atomic E-state index is -1.47. The van der Waals surface area contributed by atoms with E-state index in [4.69, 9.17) is 5.11 Å². The van der Waals surface area contributed by atoms with Gasteiger partial charge in [0.2, 0.25) is 5.16 Å².